The van der Waals surface area contributed by atoms with E-state index in [4.69, 9.17) is 17.3 Å². The van der Waals surface area contributed by atoms with Gasteiger partial charge in [0.15, 0.2) is 0 Å². The lowest BCUT2D eigenvalue weighted by Gasteiger charge is -2.20. The van der Waals surface area contributed by atoms with E-state index in [9.17, 15) is 0 Å². The van der Waals surface area contributed by atoms with Crippen molar-refractivity contribution in [2.45, 2.75) is 31.2 Å². The fourth-order valence-electron chi connectivity index (χ4n) is 2.59. The molecule has 0 radical (unpaired) electrons. The van der Waals surface area contributed by atoms with E-state index in [1.54, 1.807) is 0 Å². The van der Waals surface area contributed by atoms with E-state index >= 15 is 0 Å². The van der Waals surface area contributed by atoms with E-state index in [1.165, 1.54) is 12.8 Å². The number of H-pyrrole nitrogens is 1. The molecule has 18 heavy (non-hydrogen) atoms. The number of nitrogens with one attached hydrogen (secondary N) is 1. The van der Waals surface area contributed by atoms with Crippen molar-refractivity contribution in [3.63, 3.8) is 0 Å². The van der Waals surface area contributed by atoms with Crippen molar-refractivity contribution in [3.05, 3.63) is 41.3 Å². The van der Waals surface area contributed by atoms with Gasteiger partial charge in [0, 0.05) is 5.02 Å². The quantitative estimate of drug-likeness (QED) is 0.870. The van der Waals surface area contributed by atoms with Gasteiger partial charge < -0.3 is 10.7 Å². The van der Waals surface area contributed by atoms with Gasteiger partial charge in [-0.2, -0.15) is 0 Å². The summed E-state index contributed by atoms with van der Waals surface area (Å²) in [5, 5.41) is 0.740. The minimum absolute atomic E-state index is 0.259. The van der Waals surface area contributed by atoms with Crippen LogP contribution < -0.4 is 5.73 Å². The van der Waals surface area contributed by atoms with Gasteiger partial charge in [-0.3, -0.25) is 0 Å². The van der Waals surface area contributed by atoms with Gasteiger partial charge in [0.05, 0.1) is 17.4 Å². The zero-order valence-electron chi connectivity index (χ0n) is 10.1. The Hall–Kier alpha value is -1.32. The monoisotopic (exact) mass is 261 g/mol. The van der Waals surface area contributed by atoms with Crippen LogP contribution in [0.5, 0.6) is 0 Å². The summed E-state index contributed by atoms with van der Waals surface area (Å²) in [6.45, 7) is 0. The second-order valence-corrected chi connectivity index (χ2v) is 5.45. The standard InChI is InChI=1S/C14H16ClN3/c15-11-5-3-10(4-6-11)12-9-17-13(18-12)14(16)7-1-2-8-14/h3-6,9H,1-2,7-8,16H2,(H,17,18). The third kappa shape index (κ3) is 2.04. The lowest BCUT2D eigenvalue weighted by molar-refractivity contribution is 0.436. The van der Waals surface area contributed by atoms with Gasteiger partial charge >= 0.3 is 0 Å². The molecule has 94 valence electrons. The highest BCUT2D eigenvalue weighted by Crippen LogP contribution is 2.35. The first-order valence-corrected chi connectivity index (χ1v) is 6.65. The lowest BCUT2D eigenvalue weighted by atomic mass is 9.99. The van der Waals surface area contributed by atoms with Crippen molar-refractivity contribution >= 4 is 11.6 Å². The van der Waals surface area contributed by atoms with Crippen LogP contribution in [0.2, 0.25) is 5.02 Å². The molecule has 0 saturated heterocycles. The maximum atomic E-state index is 6.38. The summed E-state index contributed by atoms with van der Waals surface area (Å²) in [6, 6.07) is 7.73. The predicted octanol–water partition coefficient (Wildman–Crippen LogP) is 3.46. The molecule has 0 atom stereocenters. The van der Waals surface area contributed by atoms with Crippen LogP contribution in [0.1, 0.15) is 31.5 Å². The smallest absolute Gasteiger partial charge is 0.126 e. The van der Waals surface area contributed by atoms with Crippen LogP contribution in [0, 0.1) is 0 Å². The van der Waals surface area contributed by atoms with Crippen molar-refractivity contribution in [2.75, 3.05) is 0 Å². The average Bonchev–Trinajstić information content (AvgIpc) is 2.99. The number of halogens is 1. The molecule has 0 spiro atoms. The number of hydrogen-bond acceptors (Lipinski definition) is 2. The molecule has 2 aromatic rings. The highest BCUT2D eigenvalue weighted by atomic mass is 35.5. The van der Waals surface area contributed by atoms with E-state index in [0.29, 0.717) is 0 Å². The maximum Gasteiger partial charge on any atom is 0.126 e. The van der Waals surface area contributed by atoms with Gasteiger partial charge in [-0.05, 0) is 30.5 Å². The van der Waals surface area contributed by atoms with Crippen LogP contribution in [-0.4, -0.2) is 9.97 Å². The third-order valence-electron chi connectivity index (χ3n) is 3.70. The summed E-state index contributed by atoms with van der Waals surface area (Å²) in [5.74, 6) is 0.907. The van der Waals surface area contributed by atoms with Crippen molar-refractivity contribution in [3.8, 4) is 11.3 Å². The normalized spacial score (nSPS) is 18.1. The molecule has 1 aliphatic rings. The lowest BCUT2D eigenvalue weighted by Crippen LogP contribution is -2.34. The Bertz CT molecular complexity index is 538. The first kappa shape index (κ1) is 11.8. The maximum absolute atomic E-state index is 6.38. The van der Waals surface area contributed by atoms with Gasteiger partial charge in [0.1, 0.15) is 5.82 Å². The molecule has 3 nitrogen and oxygen atoms in total. The fourth-order valence-corrected chi connectivity index (χ4v) is 2.72. The SMILES string of the molecule is NC1(c2ncc(-c3ccc(Cl)cc3)[nH]2)CCCC1. The molecule has 1 fully saturated rings. The Morgan fingerprint density at radius 2 is 1.83 bits per heavy atom. The summed E-state index contributed by atoms with van der Waals surface area (Å²) in [4.78, 5) is 7.81. The predicted molar refractivity (Wildman–Crippen MR) is 73.4 cm³/mol. The number of imidazole rings is 1. The number of aromatic nitrogens is 2. The van der Waals surface area contributed by atoms with Crippen molar-refractivity contribution in [1.29, 1.82) is 0 Å². The number of rotatable bonds is 2. The van der Waals surface area contributed by atoms with Crippen LogP contribution in [-0.2, 0) is 5.54 Å². The van der Waals surface area contributed by atoms with Crippen molar-refractivity contribution in [1.82, 2.24) is 9.97 Å². The number of nitrogens with zero attached hydrogens (tertiary/aromatic N) is 1. The van der Waals surface area contributed by atoms with Gasteiger partial charge in [-0.1, -0.05) is 36.6 Å². The molecule has 1 aromatic heterocycles. The Labute approximate surface area is 111 Å². The second kappa shape index (κ2) is 4.41. The molecular weight excluding hydrogens is 246 g/mol. The molecule has 1 aromatic carbocycles. The molecule has 3 rings (SSSR count). The van der Waals surface area contributed by atoms with Crippen LogP contribution in [0.3, 0.4) is 0 Å². The molecule has 1 saturated carbocycles. The highest BCUT2D eigenvalue weighted by Gasteiger charge is 2.33. The zero-order valence-corrected chi connectivity index (χ0v) is 10.9. The van der Waals surface area contributed by atoms with Crippen LogP contribution in [0.4, 0.5) is 0 Å². The molecular formula is C14H16ClN3. The number of benzene rings is 1. The number of nitrogens with two attached hydrogens (primary N) is 1. The Balaban J connectivity index is 1.91. The van der Waals surface area contributed by atoms with E-state index in [1.807, 2.05) is 30.5 Å². The van der Waals surface area contributed by atoms with E-state index < -0.39 is 0 Å². The minimum atomic E-state index is -0.259. The second-order valence-electron chi connectivity index (χ2n) is 5.02. The van der Waals surface area contributed by atoms with Crippen molar-refractivity contribution < 1.29 is 0 Å². The molecule has 1 heterocycles. The van der Waals surface area contributed by atoms with E-state index in [2.05, 4.69) is 9.97 Å². The van der Waals surface area contributed by atoms with Crippen LogP contribution >= 0.6 is 11.6 Å². The molecule has 0 unspecified atom stereocenters. The molecule has 1 aliphatic carbocycles. The van der Waals surface area contributed by atoms with Gasteiger partial charge in [-0.25, -0.2) is 4.98 Å². The van der Waals surface area contributed by atoms with Crippen LogP contribution in [0.25, 0.3) is 11.3 Å². The molecule has 0 aliphatic heterocycles. The highest BCUT2D eigenvalue weighted by molar-refractivity contribution is 6.30. The largest absolute Gasteiger partial charge is 0.340 e. The fraction of sp³-hybridized carbons (Fsp3) is 0.357. The Morgan fingerprint density at radius 3 is 2.50 bits per heavy atom. The summed E-state index contributed by atoms with van der Waals surface area (Å²) < 4.78 is 0. The zero-order chi connectivity index (χ0) is 12.6. The third-order valence-corrected chi connectivity index (χ3v) is 3.95. The molecule has 3 N–H and O–H groups in total. The first-order valence-electron chi connectivity index (χ1n) is 6.28. The van der Waals surface area contributed by atoms with Crippen LogP contribution in [0.15, 0.2) is 30.5 Å². The average molecular weight is 262 g/mol. The van der Waals surface area contributed by atoms with E-state index in [-0.39, 0.29) is 5.54 Å². The van der Waals surface area contributed by atoms with Gasteiger partial charge in [0.25, 0.3) is 0 Å². The van der Waals surface area contributed by atoms with Gasteiger partial charge in [-0.15, -0.1) is 0 Å². The van der Waals surface area contributed by atoms with Crippen molar-refractivity contribution in [2.24, 2.45) is 5.73 Å². The number of aromatic amines is 1. The first-order chi connectivity index (χ1) is 8.67. The Kier molecular flexibility index (Phi) is 2.88. The van der Waals surface area contributed by atoms with E-state index in [0.717, 1.165) is 34.9 Å². The summed E-state index contributed by atoms with van der Waals surface area (Å²) in [6.07, 6.45) is 6.26. The molecule has 4 heteroatoms. The summed E-state index contributed by atoms with van der Waals surface area (Å²) in [7, 11) is 0. The van der Waals surface area contributed by atoms with Gasteiger partial charge in [0.2, 0.25) is 0 Å². The molecule has 0 bridgehead atoms. The summed E-state index contributed by atoms with van der Waals surface area (Å²) in [5.41, 5.74) is 8.20. The minimum Gasteiger partial charge on any atom is -0.340 e. The molecule has 0 amide bonds. The Morgan fingerprint density at radius 1 is 1.17 bits per heavy atom. The topological polar surface area (TPSA) is 54.7 Å². The number of hydrogen-bond donors (Lipinski definition) is 2. The summed E-state index contributed by atoms with van der Waals surface area (Å²) >= 11 is 5.88.